The molecule has 0 bridgehead atoms. The number of allylic oxidation sites excluding steroid dienone is 2. The van der Waals surface area contributed by atoms with Crippen molar-refractivity contribution in [3.63, 3.8) is 0 Å². The third-order valence-electron chi connectivity index (χ3n) is 14.5. The summed E-state index contributed by atoms with van der Waals surface area (Å²) < 4.78 is 17.8. The zero-order valence-electron chi connectivity index (χ0n) is 43.1. The SMILES string of the molecule is CCCCCCc1ccc(C2(c3ccc(CCCCCC)cc3)c3c(sc4cc(/C=C/c5ccc(N(C)C)cc5OCc5ccccc5)sc34)-c3sc4cc(C5=C(C#N)C(=C(C#N)C#N)OC5(C)C)sc4c32)cc1. The van der Waals surface area contributed by atoms with Crippen molar-refractivity contribution >= 4 is 87.6 Å². The van der Waals surface area contributed by atoms with Crippen LogP contribution in [-0.4, -0.2) is 19.7 Å². The van der Waals surface area contributed by atoms with Crippen LogP contribution in [0.1, 0.15) is 133 Å². The highest BCUT2D eigenvalue weighted by molar-refractivity contribution is 7.35. The Hall–Kier alpha value is -6.71. The molecule has 0 atom stereocenters. The third kappa shape index (κ3) is 9.42. The molecule has 8 aromatic rings. The molecule has 1 aliphatic heterocycles. The van der Waals surface area contributed by atoms with E-state index in [2.05, 4.69) is 142 Å². The van der Waals surface area contributed by atoms with Crippen molar-refractivity contribution < 1.29 is 9.47 Å². The summed E-state index contributed by atoms with van der Waals surface area (Å²) in [5.74, 6) is 0.904. The Kier molecular flexibility index (Phi) is 14.9. The van der Waals surface area contributed by atoms with Crippen LogP contribution in [0.3, 0.4) is 0 Å². The van der Waals surface area contributed by atoms with Crippen LogP contribution in [0.25, 0.3) is 46.3 Å². The average molecular weight is 1050 g/mol. The fourth-order valence-corrected chi connectivity index (χ4v) is 16.5. The summed E-state index contributed by atoms with van der Waals surface area (Å²) in [6.07, 6.45) is 16.3. The van der Waals surface area contributed by atoms with Crippen LogP contribution in [0.5, 0.6) is 5.75 Å². The standard InChI is InChI=1S/C64H60N4O2S4/c1-7-9-11-14-18-41-22-28-46(29-23-41)64(47-30-24-42(25-31-47)19-15-12-10-8-2)56-59-53(35-49(71-59)33-27-44-26-32-48(68(5)6)34-51(44)69-40-43-20-16-13-17-21-43)73-61(56)62-57(64)60-54(74-62)36-52(72-60)55-50(39-67)58(45(37-65)38-66)70-63(55,3)4/h13,16-17,20-36H,7-12,14-15,18-19,40H2,1-6H3/b33-27+. The predicted molar refractivity (Wildman–Crippen MR) is 312 cm³/mol. The van der Waals surface area contributed by atoms with Crippen molar-refractivity contribution in [3.8, 4) is 33.7 Å². The first-order valence-electron chi connectivity index (χ1n) is 25.9. The molecule has 0 radical (unpaired) electrons. The van der Waals surface area contributed by atoms with Gasteiger partial charge in [0, 0.05) is 67.3 Å². The molecule has 0 saturated carbocycles. The number of nitriles is 3. The minimum Gasteiger partial charge on any atom is -0.488 e. The summed E-state index contributed by atoms with van der Waals surface area (Å²) in [6.45, 7) is 8.85. The highest BCUT2D eigenvalue weighted by Gasteiger charge is 2.52. The van der Waals surface area contributed by atoms with E-state index in [1.807, 2.05) is 78.2 Å². The van der Waals surface area contributed by atoms with Crippen molar-refractivity contribution in [1.29, 1.82) is 15.8 Å². The molecule has 0 saturated heterocycles. The van der Waals surface area contributed by atoms with E-state index in [0.717, 1.165) is 45.0 Å². The van der Waals surface area contributed by atoms with Crippen LogP contribution in [0, 0.1) is 34.0 Å². The van der Waals surface area contributed by atoms with E-state index in [1.54, 1.807) is 11.3 Å². The largest absolute Gasteiger partial charge is 0.488 e. The van der Waals surface area contributed by atoms with Crippen LogP contribution in [0.2, 0.25) is 0 Å². The summed E-state index contributed by atoms with van der Waals surface area (Å²) in [7, 11) is 4.11. The molecule has 4 aromatic heterocycles. The quantitative estimate of drug-likeness (QED) is 0.0592. The van der Waals surface area contributed by atoms with Gasteiger partial charge in [-0.25, -0.2) is 0 Å². The molecule has 5 heterocycles. The Morgan fingerprint density at radius 1 is 0.649 bits per heavy atom. The molecular formula is C64H60N4O2S4. The number of thiophene rings is 4. The van der Waals surface area contributed by atoms with Crippen LogP contribution in [0.15, 0.2) is 126 Å². The van der Waals surface area contributed by atoms with Gasteiger partial charge in [-0.2, -0.15) is 15.8 Å². The lowest BCUT2D eigenvalue weighted by atomic mass is 9.68. The number of benzene rings is 4. The average Bonchev–Trinajstić information content (AvgIpc) is 4.30. The number of anilines is 1. The maximum Gasteiger partial charge on any atom is 0.172 e. The summed E-state index contributed by atoms with van der Waals surface area (Å²) >= 11 is 7.29. The second-order valence-corrected chi connectivity index (χ2v) is 24.4. The monoisotopic (exact) mass is 1040 g/mol. The van der Waals surface area contributed by atoms with Gasteiger partial charge < -0.3 is 14.4 Å². The molecule has 74 heavy (non-hydrogen) atoms. The third-order valence-corrected chi connectivity index (χ3v) is 19.5. The second-order valence-electron chi connectivity index (χ2n) is 20.1. The van der Waals surface area contributed by atoms with Gasteiger partial charge in [0.1, 0.15) is 41.7 Å². The molecule has 6 nitrogen and oxygen atoms in total. The van der Waals surface area contributed by atoms with Crippen LogP contribution in [-0.2, 0) is 29.6 Å². The summed E-state index contributed by atoms with van der Waals surface area (Å²) in [6, 6.07) is 46.7. The lowest BCUT2D eigenvalue weighted by Gasteiger charge is -2.33. The topological polar surface area (TPSA) is 93.1 Å². The van der Waals surface area contributed by atoms with Gasteiger partial charge >= 0.3 is 0 Å². The Bertz CT molecular complexity index is 3520. The van der Waals surface area contributed by atoms with Gasteiger partial charge in [-0.1, -0.05) is 131 Å². The Balaban J connectivity index is 1.16. The minimum absolute atomic E-state index is 0.0621. The molecule has 10 heteroatoms. The van der Waals surface area contributed by atoms with E-state index in [4.69, 9.17) is 9.47 Å². The van der Waals surface area contributed by atoms with Crippen molar-refractivity contribution in [2.45, 2.75) is 110 Å². The van der Waals surface area contributed by atoms with Gasteiger partial charge in [0.2, 0.25) is 0 Å². The maximum absolute atomic E-state index is 10.7. The van der Waals surface area contributed by atoms with E-state index in [9.17, 15) is 15.8 Å². The first-order valence-corrected chi connectivity index (χ1v) is 29.2. The van der Waals surface area contributed by atoms with Crippen molar-refractivity contribution in [1.82, 2.24) is 0 Å². The van der Waals surface area contributed by atoms with E-state index in [0.29, 0.717) is 12.2 Å². The number of nitrogens with zero attached hydrogens (tertiary/aromatic N) is 4. The molecule has 0 N–H and O–H groups in total. The van der Waals surface area contributed by atoms with E-state index in [-0.39, 0.29) is 16.9 Å². The highest BCUT2D eigenvalue weighted by atomic mass is 32.1. The van der Waals surface area contributed by atoms with E-state index >= 15 is 0 Å². The Labute approximate surface area is 452 Å². The minimum atomic E-state index is -0.943. The second kappa shape index (κ2) is 21.6. The fraction of sp³-hybridized carbons (Fsp3) is 0.297. The Morgan fingerprint density at radius 2 is 1.24 bits per heavy atom. The Morgan fingerprint density at radius 3 is 1.81 bits per heavy atom. The van der Waals surface area contributed by atoms with Crippen LogP contribution in [0.4, 0.5) is 5.69 Å². The number of ether oxygens (including phenoxy) is 2. The lowest BCUT2D eigenvalue weighted by Crippen LogP contribution is -2.28. The fourth-order valence-electron chi connectivity index (χ4n) is 10.8. The molecule has 4 aromatic carbocycles. The highest BCUT2D eigenvalue weighted by Crippen LogP contribution is 2.67. The molecule has 1 aliphatic carbocycles. The van der Waals surface area contributed by atoms with Gasteiger partial charge in [-0.3, -0.25) is 0 Å². The van der Waals surface area contributed by atoms with Gasteiger partial charge in [-0.15, -0.1) is 45.3 Å². The zero-order chi connectivity index (χ0) is 51.6. The molecular weight excluding hydrogens is 985 g/mol. The molecule has 0 amide bonds. The zero-order valence-corrected chi connectivity index (χ0v) is 46.3. The molecule has 0 fully saturated rings. The van der Waals surface area contributed by atoms with Gasteiger partial charge in [0.05, 0.1) is 24.6 Å². The smallest absolute Gasteiger partial charge is 0.172 e. The summed E-state index contributed by atoms with van der Waals surface area (Å²) in [5.41, 5.74) is 10.2. The van der Waals surface area contributed by atoms with Crippen molar-refractivity contribution in [2.75, 3.05) is 19.0 Å². The number of fused-ring (bicyclic) bond motifs is 7. The molecule has 372 valence electrons. The number of hydrogen-bond donors (Lipinski definition) is 0. The number of rotatable bonds is 19. The van der Waals surface area contributed by atoms with Gasteiger partial charge in [-0.05, 0) is 104 Å². The van der Waals surface area contributed by atoms with E-state index < -0.39 is 11.0 Å². The van der Waals surface area contributed by atoms with Gasteiger partial charge in [0.25, 0.3) is 0 Å². The van der Waals surface area contributed by atoms with Crippen molar-refractivity contribution in [3.05, 3.63) is 180 Å². The maximum atomic E-state index is 10.7. The normalized spacial score (nSPS) is 14.3. The predicted octanol–water partition coefficient (Wildman–Crippen LogP) is 18.1. The molecule has 10 rings (SSSR count). The lowest BCUT2D eigenvalue weighted by molar-refractivity contribution is 0.109. The van der Waals surface area contributed by atoms with Crippen molar-refractivity contribution in [2.24, 2.45) is 0 Å². The van der Waals surface area contributed by atoms with Crippen LogP contribution >= 0.6 is 45.3 Å². The van der Waals surface area contributed by atoms with E-state index in [1.165, 1.54) is 113 Å². The molecule has 2 aliphatic rings. The molecule has 0 unspecified atom stereocenters. The van der Waals surface area contributed by atoms with Gasteiger partial charge in [0.15, 0.2) is 11.3 Å². The first-order chi connectivity index (χ1) is 36.0. The number of unbranched alkanes of at least 4 members (excludes halogenated alkanes) is 6. The number of hydrogen-bond acceptors (Lipinski definition) is 10. The first kappa shape index (κ1) is 50.8. The van der Waals surface area contributed by atoms with Crippen LogP contribution < -0.4 is 9.64 Å². The number of aryl methyl sites for hydroxylation is 2. The summed E-state index contributed by atoms with van der Waals surface area (Å²) in [5, 5.41) is 30.5. The summed E-state index contributed by atoms with van der Waals surface area (Å²) in [4.78, 5) is 6.80. The molecule has 0 spiro atoms.